The predicted molar refractivity (Wildman–Crippen MR) is 107 cm³/mol. The average Bonchev–Trinajstić information content (AvgIpc) is 2.95. The van der Waals surface area contributed by atoms with Crippen molar-refractivity contribution in [2.75, 3.05) is 19.8 Å². The Balaban J connectivity index is 1.79. The van der Waals surface area contributed by atoms with Crippen molar-refractivity contribution in [2.45, 2.75) is 122 Å². The number of aliphatic hydroxyl groups is 1. The number of hydrogen-bond acceptors (Lipinski definition) is 4. The van der Waals surface area contributed by atoms with Gasteiger partial charge in [-0.3, -0.25) is 0 Å². The monoisotopic (exact) mass is 372 g/mol. The van der Waals surface area contributed by atoms with Crippen LogP contribution in [0.3, 0.4) is 0 Å². The Morgan fingerprint density at radius 2 is 1.46 bits per heavy atom. The zero-order chi connectivity index (χ0) is 19.1. The fourth-order valence-corrected chi connectivity index (χ4v) is 3.48. The van der Waals surface area contributed by atoms with Crippen molar-refractivity contribution >= 4 is 0 Å². The number of unbranched alkanes of at least 4 members (excludes halogenated alkanes) is 11. The van der Waals surface area contributed by atoms with Crippen LogP contribution < -0.4 is 0 Å². The van der Waals surface area contributed by atoms with Crippen LogP contribution in [0.15, 0.2) is 0 Å². The second-order valence-electron chi connectivity index (χ2n) is 8.32. The highest BCUT2D eigenvalue weighted by Gasteiger charge is 2.32. The molecule has 0 spiro atoms. The van der Waals surface area contributed by atoms with Gasteiger partial charge in [0.15, 0.2) is 5.79 Å². The third kappa shape index (κ3) is 13.1. The minimum Gasteiger partial charge on any atom is -0.391 e. The fourth-order valence-electron chi connectivity index (χ4n) is 3.48. The third-order valence-corrected chi connectivity index (χ3v) is 5.07. The van der Waals surface area contributed by atoms with E-state index in [1.165, 1.54) is 70.6 Å². The van der Waals surface area contributed by atoms with Crippen molar-refractivity contribution in [2.24, 2.45) is 0 Å². The Morgan fingerprint density at radius 3 is 1.96 bits per heavy atom. The number of aliphatic hydroxyl groups excluding tert-OH is 1. The molecule has 0 saturated carbocycles. The molecule has 26 heavy (non-hydrogen) atoms. The van der Waals surface area contributed by atoms with Gasteiger partial charge >= 0.3 is 0 Å². The van der Waals surface area contributed by atoms with Crippen molar-refractivity contribution < 1.29 is 19.3 Å². The summed E-state index contributed by atoms with van der Waals surface area (Å²) in [6.07, 6.45) is 16.6. The summed E-state index contributed by atoms with van der Waals surface area (Å²) in [4.78, 5) is 0. The van der Waals surface area contributed by atoms with Gasteiger partial charge in [-0.25, -0.2) is 0 Å². The maximum Gasteiger partial charge on any atom is 0.163 e. The lowest BCUT2D eigenvalue weighted by Gasteiger charge is -2.17. The van der Waals surface area contributed by atoms with E-state index in [2.05, 4.69) is 6.92 Å². The highest BCUT2D eigenvalue weighted by atomic mass is 16.7. The summed E-state index contributed by atoms with van der Waals surface area (Å²) in [6, 6.07) is 0. The molecule has 1 fully saturated rings. The molecule has 1 aliphatic heterocycles. The lowest BCUT2D eigenvalue weighted by atomic mass is 10.0. The molecule has 0 bridgehead atoms. The molecule has 156 valence electrons. The van der Waals surface area contributed by atoms with E-state index in [-0.39, 0.29) is 12.2 Å². The Labute approximate surface area is 162 Å². The molecule has 2 atom stereocenters. The zero-order valence-corrected chi connectivity index (χ0v) is 17.6. The standard InChI is InChI=1S/C22H44O4/c1-4-5-6-7-8-9-10-11-12-13-14-15-16-20(23)17-24-18-21-19-25-22(2,3)26-21/h20-21,23H,4-19H2,1-3H3/t20-,21-/m0/s1. The summed E-state index contributed by atoms with van der Waals surface area (Å²) < 4.78 is 16.7. The Hall–Kier alpha value is -0.160. The van der Waals surface area contributed by atoms with E-state index in [1.54, 1.807) is 0 Å². The second kappa shape index (κ2) is 14.8. The molecule has 0 aliphatic carbocycles. The topological polar surface area (TPSA) is 47.9 Å². The Kier molecular flexibility index (Phi) is 13.6. The van der Waals surface area contributed by atoms with Crippen LogP contribution in [0.25, 0.3) is 0 Å². The van der Waals surface area contributed by atoms with Crippen LogP contribution >= 0.6 is 0 Å². The molecule has 1 saturated heterocycles. The first-order chi connectivity index (χ1) is 12.5. The molecule has 1 aliphatic rings. The van der Waals surface area contributed by atoms with Crippen LogP contribution in [0, 0.1) is 0 Å². The summed E-state index contributed by atoms with van der Waals surface area (Å²) >= 11 is 0. The molecule has 0 aromatic carbocycles. The molecule has 0 aromatic rings. The molecule has 0 aromatic heterocycles. The molecule has 4 heteroatoms. The largest absolute Gasteiger partial charge is 0.391 e. The van der Waals surface area contributed by atoms with Crippen molar-refractivity contribution in [1.29, 1.82) is 0 Å². The van der Waals surface area contributed by atoms with E-state index in [9.17, 15) is 5.11 Å². The lowest BCUT2D eigenvalue weighted by Crippen LogP contribution is -2.26. The van der Waals surface area contributed by atoms with Gasteiger partial charge in [-0.2, -0.15) is 0 Å². The number of rotatable bonds is 17. The SMILES string of the molecule is CCCCCCCCCCCCCC[C@H](O)COC[C@H]1COC(C)(C)O1. The summed E-state index contributed by atoms with van der Waals surface area (Å²) in [5, 5.41) is 9.99. The highest BCUT2D eigenvalue weighted by Crippen LogP contribution is 2.22. The van der Waals surface area contributed by atoms with Gasteiger partial charge in [0.25, 0.3) is 0 Å². The average molecular weight is 373 g/mol. The van der Waals surface area contributed by atoms with E-state index >= 15 is 0 Å². The molecular weight excluding hydrogens is 328 g/mol. The van der Waals surface area contributed by atoms with Crippen LogP contribution in [0.1, 0.15) is 104 Å². The van der Waals surface area contributed by atoms with Crippen molar-refractivity contribution in [3.8, 4) is 0 Å². The van der Waals surface area contributed by atoms with Crippen LogP contribution in [0.4, 0.5) is 0 Å². The van der Waals surface area contributed by atoms with Crippen molar-refractivity contribution in [3.05, 3.63) is 0 Å². The van der Waals surface area contributed by atoms with Gasteiger partial charge in [-0.15, -0.1) is 0 Å². The van der Waals surface area contributed by atoms with Crippen LogP contribution in [0.2, 0.25) is 0 Å². The van der Waals surface area contributed by atoms with Gasteiger partial charge in [0.05, 0.1) is 25.9 Å². The molecule has 1 heterocycles. The van der Waals surface area contributed by atoms with Gasteiger partial charge in [0, 0.05) is 0 Å². The Bertz CT molecular complexity index is 319. The molecule has 1 N–H and O–H groups in total. The predicted octanol–water partition coefficient (Wildman–Crippen LogP) is 5.61. The minimum absolute atomic E-state index is 0.0103. The van der Waals surface area contributed by atoms with Crippen molar-refractivity contribution in [1.82, 2.24) is 0 Å². The third-order valence-electron chi connectivity index (χ3n) is 5.07. The molecule has 4 nitrogen and oxygen atoms in total. The van der Waals surface area contributed by atoms with Gasteiger partial charge in [0.2, 0.25) is 0 Å². The van der Waals surface area contributed by atoms with Gasteiger partial charge in [0.1, 0.15) is 6.10 Å². The van der Waals surface area contributed by atoms with Crippen molar-refractivity contribution in [3.63, 3.8) is 0 Å². The Morgan fingerprint density at radius 1 is 0.923 bits per heavy atom. The normalized spacial score (nSPS) is 20.5. The highest BCUT2D eigenvalue weighted by molar-refractivity contribution is 4.70. The van der Waals surface area contributed by atoms with E-state index < -0.39 is 5.79 Å². The van der Waals surface area contributed by atoms with Gasteiger partial charge in [-0.1, -0.05) is 84.0 Å². The molecule has 0 unspecified atom stereocenters. The van der Waals surface area contributed by atoms with Gasteiger partial charge in [-0.05, 0) is 20.3 Å². The maximum atomic E-state index is 9.99. The maximum absolute atomic E-state index is 9.99. The van der Waals surface area contributed by atoms with Crippen LogP contribution in [0.5, 0.6) is 0 Å². The quantitative estimate of drug-likeness (QED) is 0.337. The van der Waals surface area contributed by atoms with E-state index in [0.29, 0.717) is 19.8 Å². The second-order valence-corrected chi connectivity index (χ2v) is 8.32. The van der Waals surface area contributed by atoms with E-state index in [0.717, 1.165) is 12.8 Å². The fraction of sp³-hybridized carbons (Fsp3) is 1.00. The first-order valence-corrected chi connectivity index (χ1v) is 11.1. The number of ether oxygens (including phenoxy) is 3. The molecule has 1 rings (SSSR count). The van der Waals surface area contributed by atoms with E-state index in [4.69, 9.17) is 14.2 Å². The first kappa shape index (κ1) is 23.9. The summed E-state index contributed by atoms with van der Waals surface area (Å²) in [5.74, 6) is -0.498. The first-order valence-electron chi connectivity index (χ1n) is 11.1. The minimum atomic E-state index is -0.498. The van der Waals surface area contributed by atoms with Gasteiger partial charge < -0.3 is 19.3 Å². The van der Waals surface area contributed by atoms with Crippen LogP contribution in [-0.2, 0) is 14.2 Å². The summed E-state index contributed by atoms with van der Waals surface area (Å²) in [6.45, 7) is 7.57. The smallest absolute Gasteiger partial charge is 0.163 e. The summed E-state index contributed by atoms with van der Waals surface area (Å²) in [7, 11) is 0. The molecular formula is C22H44O4. The molecule has 0 amide bonds. The van der Waals surface area contributed by atoms with Crippen LogP contribution in [-0.4, -0.2) is 42.9 Å². The number of hydrogen-bond donors (Lipinski definition) is 1. The van der Waals surface area contributed by atoms with E-state index in [1.807, 2.05) is 13.8 Å². The lowest BCUT2D eigenvalue weighted by molar-refractivity contribution is -0.146. The summed E-state index contributed by atoms with van der Waals surface area (Å²) in [5.41, 5.74) is 0. The zero-order valence-electron chi connectivity index (χ0n) is 17.6. The molecule has 0 radical (unpaired) electrons.